The number of carbonyl (C=O) groups is 1. The molecule has 43 heavy (non-hydrogen) atoms. The average molecular weight is 628 g/mol. The zero-order chi connectivity index (χ0) is 29.3. The fraction of sp³-hybridized carbons (Fsp3) is 0.406. The Labute approximate surface area is 259 Å². The van der Waals surface area contributed by atoms with Crippen molar-refractivity contribution in [1.29, 1.82) is 0 Å². The molecule has 0 aromatic heterocycles. The molecule has 2 heterocycles. The molecule has 1 fully saturated rings. The number of aliphatic hydroxyl groups is 1. The van der Waals surface area contributed by atoms with E-state index in [0.29, 0.717) is 29.5 Å². The van der Waals surface area contributed by atoms with Crippen molar-refractivity contribution in [3.05, 3.63) is 89.0 Å². The van der Waals surface area contributed by atoms with E-state index in [1.807, 2.05) is 36.4 Å². The molecule has 2 atom stereocenters. The number of carbonyl (C=O) groups excluding carboxylic acids is 1. The van der Waals surface area contributed by atoms with E-state index >= 15 is 0 Å². The highest BCUT2D eigenvalue weighted by atomic mass is 35.5. The van der Waals surface area contributed by atoms with Gasteiger partial charge in [0.15, 0.2) is 0 Å². The average Bonchev–Trinajstić information content (AvgIpc) is 2.96. The minimum atomic E-state index is -3.40. The Balaban J connectivity index is 0.00000368. The van der Waals surface area contributed by atoms with Crippen molar-refractivity contribution < 1.29 is 27.8 Å². The molecule has 9 nitrogen and oxygen atoms in total. The number of benzene rings is 3. The fourth-order valence-corrected chi connectivity index (χ4v) is 7.08. The molecular weight excluding hydrogens is 590 g/mol. The number of rotatable bonds is 6. The van der Waals surface area contributed by atoms with Crippen molar-refractivity contribution in [2.24, 2.45) is 0 Å². The first-order valence-corrected chi connectivity index (χ1v) is 16.4. The molecule has 3 N–H and O–H groups in total. The predicted molar refractivity (Wildman–Crippen MR) is 168 cm³/mol. The fourth-order valence-electron chi connectivity index (χ4n) is 6.52. The monoisotopic (exact) mass is 627 g/mol. The van der Waals surface area contributed by atoms with Gasteiger partial charge in [0.1, 0.15) is 18.0 Å². The highest BCUT2D eigenvalue weighted by molar-refractivity contribution is 7.92. The summed E-state index contributed by atoms with van der Waals surface area (Å²) in [5, 5.41) is 13.8. The Morgan fingerprint density at radius 3 is 2.53 bits per heavy atom. The van der Waals surface area contributed by atoms with Gasteiger partial charge in [-0.1, -0.05) is 36.4 Å². The van der Waals surface area contributed by atoms with Gasteiger partial charge >= 0.3 is 6.09 Å². The number of nitrogens with one attached hydrogen (secondary N) is 2. The second kappa shape index (κ2) is 12.7. The molecule has 1 amide bonds. The number of piperidine rings is 1. The summed E-state index contributed by atoms with van der Waals surface area (Å²) in [5.74, 6) is 0.626. The van der Waals surface area contributed by atoms with E-state index < -0.39 is 27.8 Å². The Morgan fingerprint density at radius 2 is 1.79 bits per heavy atom. The Hall–Kier alpha value is -3.31. The number of halogens is 1. The summed E-state index contributed by atoms with van der Waals surface area (Å²) < 4.78 is 37.5. The molecule has 0 bridgehead atoms. The molecule has 1 aliphatic carbocycles. The summed E-state index contributed by atoms with van der Waals surface area (Å²) in [5.41, 5.74) is 4.90. The standard InChI is InChI=1S/C32H37N3O6S.ClH/c1-42(38,39)34-26-10-12-30-28(19-26)29(36)20-32(41-30)13-15-35(16-14-32)27-11-8-23-17-25(9-7-24(23)18-27)33-31(37)40-21-22-5-3-2-4-6-22;/h2-7,9-10,12,17,19,27,29,34,36H,8,11,13-16,18,20-21H2,1H3,(H,33,37);1H/t27-,29?;/m1./s1. The first kappa shape index (κ1) is 31.1. The van der Waals surface area contributed by atoms with E-state index in [2.05, 4.69) is 27.1 Å². The molecule has 0 radical (unpaired) electrons. The van der Waals surface area contributed by atoms with Crippen LogP contribution in [0.1, 0.15) is 54.0 Å². The van der Waals surface area contributed by atoms with E-state index in [-0.39, 0.29) is 19.0 Å². The van der Waals surface area contributed by atoms with Crippen LogP contribution >= 0.6 is 12.4 Å². The smallest absolute Gasteiger partial charge is 0.411 e. The number of anilines is 2. The number of likely N-dealkylation sites (tertiary alicyclic amines) is 1. The van der Waals surface area contributed by atoms with E-state index in [4.69, 9.17) is 9.47 Å². The summed E-state index contributed by atoms with van der Waals surface area (Å²) in [4.78, 5) is 14.9. The van der Waals surface area contributed by atoms with Gasteiger partial charge in [0.2, 0.25) is 10.0 Å². The van der Waals surface area contributed by atoms with Gasteiger partial charge in [-0.05, 0) is 79.1 Å². The van der Waals surface area contributed by atoms with Crippen molar-refractivity contribution in [3.8, 4) is 5.75 Å². The van der Waals surface area contributed by atoms with E-state index in [9.17, 15) is 18.3 Å². The van der Waals surface area contributed by atoms with Crippen LogP contribution in [-0.2, 0) is 34.2 Å². The number of aliphatic hydroxyl groups excluding tert-OH is 1. The summed E-state index contributed by atoms with van der Waals surface area (Å²) in [7, 11) is -3.40. The topological polar surface area (TPSA) is 117 Å². The highest BCUT2D eigenvalue weighted by Crippen LogP contribution is 2.45. The van der Waals surface area contributed by atoms with Gasteiger partial charge in [-0.2, -0.15) is 0 Å². The molecule has 230 valence electrons. The van der Waals surface area contributed by atoms with Gasteiger partial charge in [-0.15, -0.1) is 12.4 Å². The lowest BCUT2D eigenvalue weighted by atomic mass is 9.80. The summed E-state index contributed by atoms with van der Waals surface area (Å²) >= 11 is 0. The Morgan fingerprint density at radius 1 is 1.05 bits per heavy atom. The molecule has 2 aliphatic heterocycles. The third kappa shape index (κ3) is 7.44. The van der Waals surface area contributed by atoms with Gasteiger partial charge in [-0.3, -0.25) is 14.9 Å². The van der Waals surface area contributed by atoms with Crippen LogP contribution in [0.15, 0.2) is 66.7 Å². The molecule has 11 heteroatoms. The first-order valence-electron chi connectivity index (χ1n) is 14.5. The Kier molecular flexibility index (Phi) is 9.22. The largest absolute Gasteiger partial charge is 0.487 e. The molecular formula is C32H38ClN3O6S. The lowest BCUT2D eigenvalue weighted by molar-refractivity contribution is -0.0608. The molecule has 1 unspecified atom stereocenters. The maximum Gasteiger partial charge on any atom is 0.411 e. The third-order valence-electron chi connectivity index (χ3n) is 8.66. The van der Waals surface area contributed by atoms with Crippen LogP contribution in [0.25, 0.3) is 0 Å². The van der Waals surface area contributed by atoms with Crippen molar-refractivity contribution >= 4 is 39.9 Å². The van der Waals surface area contributed by atoms with E-state index in [1.165, 1.54) is 11.1 Å². The van der Waals surface area contributed by atoms with Crippen LogP contribution in [0.5, 0.6) is 5.75 Å². The molecule has 6 rings (SSSR count). The molecule has 0 saturated carbocycles. The number of amides is 1. The SMILES string of the molecule is CS(=O)(=O)Nc1ccc2c(c1)C(O)CC1(CCN([C@@H]3CCc4cc(NC(=O)OCc5ccccc5)ccc4C3)CC1)O2.Cl. The zero-order valence-corrected chi connectivity index (χ0v) is 25.8. The lowest BCUT2D eigenvalue weighted by Crippen LogP contribution is -2.53. The molecule has 1 saturated heterocycles. The van der Waals surface area contributed by atoms with Crippen LogP contribution < -0.4 is 14.8 Å². The molecule has 3 aromatic rings. The van der Waals surface area contributed by atoms with Gasteiger partial charge in [0.05, 0.1) is 12.4 Å². The highest BCUT2D eigenvalue weighted by Gasteiger charge is 2.44. The first-order chi connectivity index (χ1) is 20.1. The van der Waals surface area contributed by atoms with Gasteiger partial charge < -0.3 is 14.6 Å². The maximum atomic E-state index is 12.3. The number of hydrogen-bond acceptors (Lipinski definition) is 7. The summed E-state index contributed by atoms with van der Waals surface area (Å²) in [6.45, 7) is 2.02. The van der Waals surface area contributed by atoms with E-state index in [0.717, 1.165) is 62.7 Å². The number of hydrogen-bond donors (Lipinski definition) is 3. The zero-order valence-electron chi connectivity index (χ0n) is 24.1. The number of nitrogens with zero attached hydrogens (tertiary/aromatic N) is 1. The minimum Gasteiger partial charge on any atom is -0.487 e. The van der Waals surface area contributed by atoms with Crippen molar-refractivity contribution in [3.63, 3.8) is 0 Å². The quantitative estimate of drug-likeness (QED) is 0.333. The number of aryl methyl sites for hydroxylation is 1. The van der Waals surface area contributed by atoms with Crippen LogP contribution in [0.2, 0.25) is 0 Å². The van der Waals surface area contributed by atoms with Crippen molar-refractivity contribution in [1.82, 2.24) is 4.90 Å². The third-order valence-corrected chi connectivity index (χ3v) is 9.26. The van der Waals surface area contributed by atoms with Gasteiger partial charge in [-0.25, -0.2) is 13.2 Å². The Bertz CT molecular complexity index is 1560. The molecule has 3 aliphatic rings. The summed E-state index contributed by atoms with van der Waals surface area (Å²) in [6.07, 6.45) is 5.03. The van der Waals surface area contributed by atoms with Crippen LogP contribution in [0.3, 0.4) is 0 Å². The van der Waals surface area contributed by atoms with Crippen LogP contribution in [0, 0.1) is 0 Å². The molecule has 1 spiro atoms. The predicted octanol–water partition coefficient (Wildman–Crippen LogP) is 5.44. The van der Waals surface area contributed by atoms with Gasteiger partial charge in [0, 0.05) is 42.5 Å². The van der Waals surface area contributed by atoms with Crippen molar-refractivity contribution in [2.45, 2.75) is 62.9 Å². The lowest BCUT2D eigenvalue weighted by Gasteiger charge is -2.48. The minimum absolute atomic E-state index is 0. The van der Waals surface area contributed by atoms with Crippen LogP contribution in [-0.4, -0.2) is 55.5 Å². The summed E-state index contributed by atoms with van der Waals surface area (Å²) in [6, 6.07) is 21.3. The normalized spacial score (nSPS) is 21.0. The number of ether oxygens (including phenoxy) is 2. The molecule has 3 aromatic carbocycles. The van der Waals surface area contributed by atoms with E-state index in [1.54, 1.807) is 18.2 Å². The van der Waals surface area contributed by atoms with Gasteiger partial charge in [0.25, 0.3) is 0 Å². The van der Waals surface area contributed by atoms with Crippen LogP contribution in [0.4, 0.5) is 16.2 Å². The number of fused-ring (bicyclic) bond motifs is 2. The number of sulfonamides is 1. The second-order valence-corrected chi connectivity index (χ2v) is 13.5. The maximum absolute atomic E-state index is 12.3. The van der Waals surface area contributed by atoms with Crippen molar-refractivity contribution in [2.75, 3.05) is 29.4 Å². The second-order valence-electron chi connectivity index (χ2n) is 11.7.